The molecule has 0 fully saturated rings. The highest BCUT2D eigenvalue weighted by molar-refractivity contribution is 6.30. The third-order valence-corrected chi connectivity index (χ3v) is 3.08. The lowest BCUT2D eigenvalue weighted by molar-refractivity contribution is 1.33. The number of benzene rings is 1. The first kappa shape index (κ1) is 9.55. The molecule has 0 bridgehead atoms. The summed E-state index contributed by atoms with van der Waals surface area (Å²) in [5.41, 5.74) is 2.86. The average Bonchev–Trinajstić information content (AvgIpc) is 2.31. The fourth-order valence-electron chi connectivity index (χ4n) is 1.87. The first-order valence-electron chi connectivity index (χ1n) is 5.06. The summed E-state index contributed by atoms with van der Waals surface area (Å²) in [6.07, 6.45) is 1.78. The van der Waals surface area contributed by atoms with Crippen molar-refractivity contribution < 1.29 is 0 Å². The molecule has 2 heterocycles. The zero-order chi connectivity index (χ0) is 11.1. The summed E-state index contributed by atoms with van der Waals surface area (Å²) in [7, 11) is 0. The summed E-state index contributed by atoms with van der Waals surface area (Å²) in [6, 6.07) is 10.0. The Kier molecular flexibility index (Phi) is 2.04. The Bertz CT molecular complexity index is 692. The highest BCUT2D eigenvalue weighted by Gasteiger charge is 2.05. The van der Waals surface area contributed by atoms with Gasteiger partial charge in [-0.15, -0.1) is 0 Å². The van der Waals surface area contributed by atoms with Crippen molar-refractivity contribution in [2.75, 3.05) is 0 Å². The van der Waals surface area contributed by atoms with Crippen LogP contribution < -0.4 is 0 Å². The van der Waals surface area contributed by atoms with E-state index in [1.165, 1.54) is 0 Å². The molecule has 3 heteroatoms. The van der Waals surface area contributed by atoms with Gasteiger partial charge in [0.1, 0.15) is 5.15 Å². The molecule has 2 nitrogen and oxygen atoms in total. The second-order valence-electron chi connectivity index (χ2n) is 3.80. The van der Waals surface area contributed by atoms with Gasteiger partial charge >= 0.3 is 0 Å². The van der Waals surface area contributed by atoms with Gasteiger partial charge < -0.3 is 0 Å². The van der Waals surface area contributed by atoms with Crippen LogP contribution in [0.25, 0.3) is 21.8 Å². The maximum Gasteiger partial charge on any atom is 0.132 e. The lowest BCUT2D eigenvalue weighted by atomic mass is 10.1. The summed E-state index contributed by atoms with van der Waals surface area (Å²) >= 11 is 6.06. The molecule has 0 N–H and O–H groups in total. The van der Waals surface area contributed by atoms with Crippen LogP contribution in [0.4, 0.5) is 0 Å². The second kappa shape index (κ2) is 3.42. The summed E-state index contributed by atoms with van der Waals surface area (Å²) in [4.78, 5) is 8.73. The Labute approximate surface area is 97.9 Å². The van der Waals surface area contributed by atoms with Crippen LogP contribution in [0.5, 0.6) is 0 Å². The topological polar surface area (TPSA) is 25.8 Å². The maximum atomic E-state index is 6.06. The molecule has 0 aliphatic heterocycles. The van der Waals surface area contributed by atoms with Crippen molar-refractivity contribution in [1.82, 2.24) is 9.97 Å². The van der Waals surface area contributed by atoms with Gasteiger partial charge in [0.25, 0.3) is 0 Å². The van der Waals surface area contributed by atoms with Crippen molar-refractivity contribution in [3.63, 3.8) is 0 Å². The number of pyridine rings is 2. The largest absolute Gasteiger partial charge is 0.256 e. The van der Waals surface area contributed by atoms with Crippen LogP contribution in [0.2, 0.25) is 5.15 Å². The van der Waals surface area contributed by atoms with E-state index in [2.05, 4.69) is 16.0 Å². The van der Waals surface area contributed by atoms with Gasteiger partial charge in [0.15, 0.2) is 0 Å². The van der Waals surface area contributed by atoms with Crippen molar-refractivity contribution >= 4 is 33.4 Å². The summed E-state index contributed by atoms with van der Waals surface area (Å²) in [5, 5.41) is 2.70. The molecule has 16 heavy (non-hydrogen) atoms. The van der Waals surface area contributed by atoms with Crippen molar-refractivity contribution in [2.24, 2.45) is 0 Å². The van der Waals surface area contributed by atoms with E-state index in [0.717, 1.165) is 27.4 Å². The van der Waals surface area contributed by atoms with Gasteiger partial charge in [-0.25, -0.2) is 4.98 Å². The highest BCUT2D eigenvalue weighted by atomic mass is 35.5. The third kappa shape index (κ3) is 1.34. The van der Waals surface area contributed by atoms with Gasteiger partial charge in [-0.05, 0) is 36.8 Å². The normalized spacial score (nSPS) is 11.1. The number of aryl methyl sites for hydroxylation is 1. The van der Waals surface area contributed by atoms with Crippen LogP contribution in [0, 0.1) is 6.92 Å². The zero-order valence-corrected chi connectivity index (χ0v) is 9.49. The number of hydrogen-bond acceptors (Lipinski definition) is 2. The molecule has 0 radical (unpaired) electrons. The maximum absolute atomic E-state index is 6.06. The van der Waals surface area contributed by atoms with Crippen LogP contribution in [-0.2, 0) is 0 Å². The van der Waals surface area contributed by atoms with Gasteiger partial charge in [0.05, 0.1) is 11.0 Å². The monoisotopic (exact) mass is 228 g/mol. The van der Waals surface area contributed by atoms with E-state index in [1.54, 1.807) is 6.20 Å². The van der Waals surface area contributed by atoms with E-state index in [1.807, 2.05) is 31.2 Å². The van der Waals surface area contributed by atoms with Crippen LogP contribution in [0.3, 0.4) is 0 Å². The molecule has 0 saturated heterocycles. The molecule has 0 spiro atoms. The van der Waals surface area contributed by atoms with Gasteiger partial charge in [0, 0.05) is 17.0 Å². The molecular weight excluding hydrogens is 220 g/mol. The predicted molar refractivity (Wildman–Crippen MR) is 66.8 cm³/mol. The Morgan fingerprint density at radius 1 is 1.19 bits per heavy atom. The molecule has 3 rings (SSSR count). The minimum atomic E-state index is 0.559. The fourth-order valence-corrected chi connectivity index (χ4v) is 2.01. The summed E-state index contributed by atoms with van der Waals surface area (Å²) in [5.74, 6) is 0. The number of halogens is 1. The van der Waals surface area contributed by atoms with E-state index in [9.17, 15) is 0 Å². The van der Waals surface area contributed by atoms with Crippen molar-refractivity contribution in [1.29, 1.82) is 0 Å². The molecule has 1 aromatic carbocycles. The third-order valence-electron chi connectivity index (χ3n) is 2.70. The molecule has 78 valence electrons. The van der Waals surface area contributed by atoms with Gasteiger partial charge in [-0.2, -0.15) is 0 Å². The standard InChI is InChI=1S/C13H9ClN2/c1-8-7-9-4-5-11-10(3-2-6-15-11)12(9)16-13(8)14/h2-7H,1H3. The number of hydrogen-bond donors (Lipinski definition) is 0. The SMILES string of the molecule is Cc1cc2ccc3ncccc3c2nc1Cl. The van der Waals surface area contributed by atoms with E-state index in [0.29, 0.717) is 5.15 Å². The van der Waals surface area contributed by atoms with Crippen LogP contribution in [0.1, 0.15) is 5.56 Å². The fraction of sp³-hybridized carbons (Fsp3) is 0.0769. The lowest BCUT2D eigenvalue weighted by Gasteiger charge is -2.04. The molecule has 3 aromatic rings. The summed E-state index contributed by atoms with van der Waals surface area (Å²) in [6.45, 7) is 1.96. The Morgan fingerprint density at radius 3 is 2.94 bits per heavy atom. The van der Waals surface area contributed by atoms with Gasteiger partial charge in [0.2, 0.25) is 0 Å². The quantitative estimate of drug-likeness (QED) is 0.433. The molecule has 0 unspecified atom stereocenters. The van der Waals surface area contributed by atoms with E-state index in [-0.39, 0.29) is 0 Å². The minimum absolute atomic E-state index is 0.559. The Hall–Kier alpha value is -1.67. The number of nitrogens with zero attached hydrogens (tertiary/aromatic N) is 2. The van der Waals surface area contributed by atoms with Gasteiger partial charge in [-0.3, -0.25) is 4.98 Å². The Balaban J connectivity index is 2.55. The molecule has 0 amide bonds. The highest BCUT2D eigenvalue weighted by Crippen LogP contribution is 2.25. The molecular formula is C13H9ClN2. The molecule has 0 aliphatic rings. The molecule has 0 aliphatic carbocycles. The average molecular weight is 229 g/mol. The van der Waals surface area contributed by atoms with E-state index < -0.39 is 0 Å². The van der Waals surface area contributed by atoms with Crippen molar-refractivity contribution in [2.45, 2.75) is 6.92 Å². The van der Waals surface area contributed by atoms with Crippen molar-refractivity contribution in [3.8, 4) is 0 Å². The molecule has 0 atom stereocenters. The molecule has 0 saturated carbocycles. The number of fused-ring (bicyclic) bond motifs is 3. The minimum Gasteiger partial charge on any atom is -0.256 e. The van der Waals surface area contributed by atoms with Gasteiger partial charge in [-0.1, -0.05) is 17.7 Å². The van der Waals surface area contributed by atoms with E-state index in [4.69, 9.17) is 11.6 Å². The first-order valence-corrected chi connectivity index (χ1v) is 5.44. The van der Waals surface area contributed by atoms with Crippen LogP contribution in [-0.4, -0.2) is 9.97 Å². The predicted octanol–water partition coefficient (Wildman–Crippen LogP) is 3.74. The second-order valence-corrected chi connectivity index (χ2v) is 4.16. The molecule has 2 aromatic heterocycles. The number of aromatic nitrogens is 2. The lowest BCUT2D eigenvalue weighted by Crippen LogP contribution is -1.87. The number of rotatable bonds is 0. The van der Waals surface area contributed by atoms with Crippen LogP contribution >= 0.6 is 11.6 Å². The zero-order valence-electron chi connectivity index (χ0n) is 8.74. The van der Waals surface area contributed by atoms with E-state index >= 15 is 0 Å². The first-order chi connectivity index (χ1) is 7.75. The smallest absolute Gasteiger partial charge is 0.132 e. The van der Waals surface area contributed by atoms with Crippen molar-refractivity contribution in [3.05, 3.63) is 47.2 Å². The van der Waals surface area contributed by atoms with Crippen LogP contribution in [0.15, 0.2) is 36.5 Å². The summed E-state index contributed by atoms with van der Waals surface area (Å²) < 4.78 is 0. The Morgan fingerprint density at radius 2 is 2.06 bits per heavy atom.